The van der Waals surface area contributed by atoms with Crippen molar-refractivity contribution >= 4 is 6.34 Å². The van der Waals surface area contributed by atoms with Crippen LogP contribution in [0.2, 0.25) is 0 Å². The smallest absolute Gasteiger partial charge is 0.0795 e. The van der Waals surface area contributed by atoms with Crippen molar-refractivity contribution in [2.75, 3.05) is 13.7 Å². The van der Waals surface area contributed by atoms with Gasteiger partial charge < -0.3 is 15.4 Å². The first-order valence-corrected chi connectivity index (χ1v) is 5.42. The highest BCUT2D eigenvalue weighted by molar-refractivity contribution is 5.50. The molecule has 0 saturated carbocycles. The highest BCUT2D eigenvalue weighted by Crippen LogP contribution is 1.98. The van der Waals surface area contributed by atoms with Gasteiger partial charge in [0.05, 0.1) is 12.4 Å². The second kappa shape index (κ2) is 9.52. The summed E-state index contributed by atoms with van der Waals surface area (Å²) in [4.78, 5) is 0. The fraction of sp³-hybridized carbons (Fsp3) is 0.727. The summed E-state index contributed by atoms with van der Waals surface area (Å²) < 4.78 is 5.30. The van der Waals surface area contributed by atoms with Crippen LogP contribution >= 0.6 is 0 Å². The Hall–Kier alpha value is -1.03. The zero-order valence-electron chi connectivity index (χ0n) is 9.92. The predicted molar refractivity (Wildman–Crippen MR) is 64.2 cm³/mol. The van der Waals surface area contributed by atoms with Crippen molar-refractivity contribution in [2.24, 2.45) is 0 Å². The number of rotatable bonds is 9. The quantitative estimate of drug-likeness (QED) is 0.402. The number of hydrogen-bond donors (Lipinski definition) is 3. The molecule has 0 aliphatic rings. The molecule has 2 unspecified atom stereocenters. The van der Waals surface area contributed by atoms with Gasteiger partial charge in [-0.2, -0.15) is 0 Å². The summed E-state index contributed by atoms with van der Waals surface area (Å²) in [6.45, 7) is 4.97. The van der Waals surface area contributed by atoms with Gasteiger partial charge in [-0.05, 0) is 25.6 Å². The first kappa shape index (κ1) is 14.0. The first-order chi connectivity index (χ1) is 7.24. The van der Waals surface area contributed by atoms with Crippen molar-refractivity contribution in [3.05, 3.63) is 12.3 Å². The lowest BCUT2D eigenvalue weighted by atomic mass is 10.2. The normalized spacial score (nSPS) is 14.9. The van der Waals surface area contributed by atoms with Gasteiger partial charge in [-0.3, -0.25) is 5.41 Å². The molecule has 0 aliphatic heterocycles. The highest BCUT2D eigenvalue weighted by Gasteiger charge is 2.03. The maximum absolute atomic E-state index is 6.86. The van der Waals surface area contributed by atoms with E-state index in [0.717, 1.165) is 19.4 Å². The minimum atomic E-state index is 0.183. The lowest BCUT2D eigenvalue weighted by Gasteiger charge is -2.14. The third kappa shape index (κ3) is 8.00. The topological polar surface area (TPSA) is 57.1 Å². The average molecular weight is 213 g/mol. The summed E-state index contributed by atoms with van der Waals surface area (Å²) in [5.74, 6) is 0. The number of hydrogen-bond acceptors (Lipinski definition) is 3. The predicted octanol–water partition coefficient (Wildman–Crippen LogP) is 1.49. The summed E-state index contributed by atoms with van der Waals surface area (Å²) >= 11 is 0. The average Bonchev–Trinajstić information content (AvgIpc) is 2.23. The van der Waals surface area contributed by atoms with Crippen LogP contribution in [-0.2, 0) is 4.74 Å². The van der Waals surface area contributed by atoms with Gasteiger partial charge in [0.1, 0.15) is 0 Å². The Morgan fingerprint density at radius 2 is 2.20 bits per heavy atom. The zero-order chi connectivity index (χ0) is 11.5. The fourth-order valence-electron chi connectivity index (χ4n) is 1.22. The third-order valence-corrected chi connectivity index (χ3v) is 2.14. The van der Waals surface area contributed by atoms with E-state index in [9.17, 15) is 0 Å². The van der Waals surface area contributed by atoms with Gasteiger partial charge in [0.2, 0.25) is 0 Å². The van der Waals surface area contributed by atoms with E-state index in [0.29, 0.717) is 0 Å². The Morgan fingerprint density at radius 3 is 2.73 bits per heavy atom. The van der Waals surface area contributed by atoms with Crippen molar-refractivity contribution in [3.63, 3.8) is 0 Å². The van der Waals surface area contributed by atoms with Crippen molar-refractivity contribution in [3.8, 4) is 0 Å². The molecule has 0 rings (SSSR count). The van der Waals surface area contributed by atoms with Crippen LogP contribution in [0.4, 0.5) is 0 Å². The third-order valence-electron chi connectivity index (χ3n) is 2.14. The van der Waals surface area contributed by atoms with Crippen molar-refractivity contribution in [2.45, 2.75) is 38.8 Å². The van der Waals surface area contributed by atoms with E-state index < -0.39 is 0 Å². The van der Waals surface area contributed by atoms with E-state index in [4.69, 9.17) is 10.1 Å². The molecule has 3 N–H and O–H groups in total. The van der Waals surface area contributed by atoms with E-state index in [2.05, 4.69) is 17.6 Å². The van der Waals surface area contributed by atoms with Crippen molar-refractivity contribution < 1.29 is 4.74 Å². The monoisotopic (exact) mass is 213 g/mol. The Kier molecular flexibility index (Phi) is 8.87. The van der Waals surface area contributed by atoms with Gasteiger partial charge in [-0.1, -0.05) is 13.3 Å². The molecule has 0 bridgehead atoms. The van der Waals surface area contributed by atoms with Crippen LogP contribution in [-0.4, -0.2) is 32.1 Å². The minimum absolute atomic E-state index is 0.183. The molecule has 88 valence electrons. The van der Waals surface area contributed by atoms with Crippen molar-refractivity contribution in [1.82, 2.24) is 10.6 Å². The second-order valence-corrected chi connectivity index (χ2v) is 3.51. The fourth-order valence-corrected chi connectivity index (χ4v) is 1.22. The summed E-state index contributed by atoms with van der Waals surface area (Å²) in [5.41, 5.74) is 0. The number of nitrogens with one attached hydrogen (secondary N) is 3. The molecule has 2 atom stereocenters. The highest BCUT2D eigenvalue weighted by atomic mass is 16.5. The Balaban J connectivity index is 3.61. The molecule has 4 nitrogen and oxygen atoms in total. The number of methoxy groups -OCH3 is 1. The molecular weight excluding hydrogens is 190 g/mol. The molecule has 0 fully saturated rings. The van der Waals surface area contributed by atoms with E-state index in [1.165, 1.54) is 6.34 Å². The first-order valence-electron chi connectivity index (χ1n) is 5.42. The lowest BCUT2D eigenvalue weighted by molar-refractivity contribution is 0.0967. The van der Waals surface area contributed by atoms with Gasteiger partial charge in [0.15, 0.2) is 0 Å². The van der Waals surface area contributed by atoms with E-state index >= 15 is 0 Å². The van der Waals surface area contributed by atoms with Crippen LogP contribution in [0.3, 0.4) is 0 Å². The van der Waals surface area contributed by atoms with Crippen LogP contribution in [0.25, 0.3) is 0 Å². The van der Waals surface area contributed by atoms with Crippen LogP contribution in [0.5, 0.6) is 0 Å². The molecular formula is C11H23N3O. The molecule has 0 aromatic rings. The summed E-state index contributed by atoms with van der Waals surface area (Å²) in [7, 11) is 1.74. The maximum Gasteiger partial charge on any atom is 0.0795 e. The van der Waals surface area contributed by atoms with Gasteiger partial charge in [-0.15, -0.1) is 0 Å². The minimum Gasteiger partial charge on any atom is -0.388 e. The molecule has 0 aliphatic carbocycles. The SMILES string of the molecule is CCCC(CN/C=C/C(C)NC=N)OC. The van der Waals surface area contributed by atoms with Gasteiger partial charge in [0.25, 0.3) is 0 Å². The van der Waals surface area contributed by atoms with Crippen molar-refractivity contribution in [1.29, 1.82) is 5.41 Å². The van der Waals surface area contributed by atoms with Gasteiger partial charge >= 0.3 is 0 Å². The standard InChI is InChI=1S/C11H23N3O/c1-4-5-11(15-3)8-13-7-6-10(2)14-9-12/h6-7,9-11,13H,4-5,8H2,1-3H3,(H2,12,14)/b7-6+. The molecule has 4 heteroatoms. The van der Waals surface area contributed by atoms with Crippen LogP contribution in [0.1, 0.15) is 26.7 Å². The summed E-state index contributed by atoms with van der Waals surface area (Å²) in [6.07, 6.45) is 7.57. The van der Waals surface area contributed by atoms with Gasteiger partial charge in [-0.25, -0.2) is 0 Å². The molecule has 15 heavy (non-hydrogen) atoms. The molecule has 0 spiro atoms. The van der Waals surface area contributed by atoms with Crippen LogP contribution in [0.15, 0.2) is 12.3 Å². The Morgan fingerprint density at radius 1 is 1.47 bits per heavy atom. The lowest BCUT2D eigenvalue weighted by Crippen LogP contribution is -2.26. The Bertz CT molecular complexity index is 183. The number of ether oxygens (including phenoxy) is 1. The second-order valence-electron chi connectivity index (χ2n) is 3.51. The largest absolute Gasteiger partial charge is 0.388 e. The van der Waals surface area contributed by atoms with E-state index in [1.54, 1.807) is 7.11 Å². The molecule has 0 aromatic carbocycles. The molecule has 0 aromatic heterocycles. The van der Waals surface area contributed by atoms with Crippen LogP contribution < -0.4 is 10.6 Å². The van der Waals surface area contributed by atoms with E-state index in [-0.39, 0.29) is 12.1 Å². The summed E-state index contributed by atoms with van der Waals surface area (Å²) in [6, 6.07) is 0.183. The molecule has 0 amide bonds. The molecule has 0 radical (unpaired) electrons. The summed E-state index contributed by atoms with van der Waals surface area (Å²) in [5, 5.41) is 12.9. The Labute approximate surface area is 92.6 Å². The van der Waals surface area contributed by atoms with Crippen LogP contribution in [0, 0.1) is 5.41 Å². The molecule has 0 heterocycles. The molecule has 0 saturated heterocycles. The zero-order valence-corrected chi connectivity index (χ0v) is 9.92. The maximum atomic E-state index is 6.86. The van der Waals surface area contributed by atoms with E-state index in [1.807, 2.05) is 19.2 Å². The van der Waals surface area contributed by atoms with Gasteiger partial charge in [0, 0.05) is 19.7 Å².